The Labute approximate surface area is 200 Å². The summed E-state index contributed by atoms with van der Waals surface area (Å²) in [5.74, 6) is -0.859. The number of methoxy groups -OCH3 is 1. The number of carbonyl (C=O) groups is 2. The van der Waals surface area contributed by atoms with Gasteiger partial charge in [0.05, 0.1) is 29.4 Å². The third kappa shape index (κ3) is 4.46. The highest BCUT2D eigenvalue weighted by atomic mass is 35.5. The maximum Gasteiger partial charge on any atom is 0.341 e. The number of hydrogen-bond acceptors (Lipinski definition) is 6. The summed E-state index contributed by atoms with van der Waals surface area (Å²) in [5, 5.41) is 4.44. The van der Waals surface area contributed by atoms with Gasteiger partial charge in [-0.2, -0.15) is 0 Å². The topological polar surface area (TPSA) is 81.2 Å². The maximum atomic E-state index is 13.4. The summed E-state index contributed by atoms with van der Waals surface area (Å²) in [4.78, 5) is 35.4. The molecule has 0 bridgehead atoms. The second kappa shape index (κ2) is 9.65. The van der Waals surface area contributed by atoms with Gasteiger partial charge in [0.2, 0.25) is 0 Å². The lowest BCUT2D eigenvalue weighted by Gasteiger charge is -2.11. The molecule has 0 aliphatic carbocycles. The van der Waals surface area contributed by atoms with Crippen LogP contribution >= 0.6 is 35.3 Å². The number of amides is 1. The molecule has 0 fully saturated rings. The third-order valence-corrected chi connectivity index (χ3v) is 6.33. The molecular formula is C23H19Cl2N3O3S. The Morgan fingerprint density at radius 3 is 2.62 bits per heavy atom. The van der Waals surface area contributed by atoms with Crippen molar-refractivity contribution in [1.29, 1.82) is 0 Å². The van der Waals surface area contributed by atoms with Crippen LogP contribution in [0.2, 0.25) is 5.02 Å². The first-order valence-corrected chi connectivity index (χ1v) is 10.6. The van der Waals surface area contributed by atoms with Crippen molar-refractivity contribution in [3.8, 4) is 11.3 Å². The number of aromatic nitrogens is 2. The monoisotopic (exact) mass is 487 g/mol. The van der Waals surface area contributed by atoms with Crippen LogP contribution in [0.1, 0.15) is 31.2 Å². The summed E-state index contributed by atoms with van der Waals surface area (Å²) in [6, 6.07) is 10.6. The van der Waals surface area contributed by atoms with E-state index in [1.54, 1.807) is 36.7 Å². The fourth-order valence-electron chi connectivity index (χ4n) is 3.28. The summed E-state index contributed by atoms with van der Waals surface area (Å²) in [6.07, 6.45) is 3.36. The number of hydrogen-bond donors (Lipinski definition) is 1. The highest BCUT2D eigenvalue weighted by Gasteiger charge is 2.23. The van der Waals surface area contributed by atoms with Crippen molar-refractivity contribution in [2.45, 2.75) is 13.8 Å². The van der Waals surface area contributed by atoms with Crippen LogP contribution in [0.15, 0.2) is 48.8 Å². The number of anilines is 1. The van der Waals surface area contributed by atoms with Crippen molar-refractivity contribution in [3.63, 3.8) is 0 Å². The molecule has 0 atom stereocenters. The maximum absolute atomic E-state index is 13.4. The highest BCUT2D eigenvalue weighted by molar-refractivity contribution is 7.16. The Balaban J connectivity index is 0.00000289. The van der Waals surface area contributed by atoms with Gasteiger partial charge in [-0.15, -0.1) is 23.7 Å². The van der Waals surface area contributed by atoms with Crippen LogP contribution < -0.4 is 5.32 Å². The number of aryl methyl sites for hydroxylation is 1. The molecule has 0 radical (unpaired) electrons. The van der Waals surface area contributed by atoms with Gasteiger partial charge in [0.25, 0.3) is 5.91 Å². The second-order valence-electron chi connectivity index (χ2n) is 6.89. The molecule has 3 aromatic heterocycles. The molecule has 0 spiro atoms. The Kier molecular flexibility index (Phi) is 7.13. The number of benzene rings is 1. The standard InChI is InChI=1S/C23H18ClN3O3S.ClH/c1-12-13(2)31-22(20(12)23(29)30-3)27-21(28)17-10-19(14-5-4-8-25-11-14)26-18-7-6-15(24)9-16(17)18;/h4-11H,1-3H3,(H,27,28);1H. The van der Waals surface area contributed by atoms with Gasteiger partial charge in [-0.25, -0.2) is 9.78 Å². The summed E-state index contributed by atoms with van der Waals surface area (Å²) in [6.45, 7) is 3.72. The summed E-state index contributed by atoms with van der Waals surface area (Å²) < 4.78 is 4.90. The predicted molar refractivity (Wildman–Crippen MR) is 130 cm³/mol. The van der Waals surface area contributed by atoms with Crippen LogP contribution in [0, 0.1) is 13.8 Å². The lowest BCUT2D eigenvalue weighted by Crippen LogP contribution is -2.15. The zero-order chi connectivity index (χ0) is 22.1. The van der Waals surface area contributed by atoms with Crippen molar-refractivity contribution in [1.82, 2.24) is 9.97 Å². The first-order valence-electron chi connectivity index (χ1n) is 9.39. The highest BCUT2D eigenvalue weighted by Crippen LogP contribution is 2.34. The van der Waals surface area contributed by atoms with Crippen LogP contribution in [0.4, 0.5) is 5.00 Å². The second-order valence-corrected chi connectivity index (χ2v) is 8.55. The fraction of sp³-hybridized carbons (Fsp3) is 0.130. The van der Waals surface area contributed by atoms with Gasteiger partial charge in [-0.3, -0.25) is 9.78 Å². The van der Waals surface area contributed by atoms with Gasteiger partial charge in [0.15, 0.2) is 0 Å². The Hall–Kier alpha value is -3.00. The average Bonchev–Trinajstić information content (AvgIpc) is 3.05. The molecule has 1 N–H and O–H groups in total. The van der Waals surface area contributed by atoms with Gasteiger partial charge in [-0.1, -0.05) is 11.6 Å². The van der Waals surface area contributed by atoms with Gasteiger partial charge in [0, 0.05) is 33.2 Å². The largest absolute Gasteiger partial charge is 0.465 e. The van der Waals surface area contributed by atoms with Crippen molar-refractivity contribution in [2.24, 2.45) is 0 Å². The zero-order valence-electron chi connectivity index (χ0n) is 17.4. The molecule has 3 heterocycles. The minimum Gasteiger partial charge on any atom is -0.465 e. The van der Waals surface area contributed by atoms with Crippen molar-refractivity contribution in [3.05, 3.63) is 75.4 Å². The lowest BCUT2D eigenvalue weighted by molar-refractivity contribution is 0.0601. The van der Waals surface area contributed by atoms with Gasteiger partial charge in [-0.05, 0) is 55.8 Å². The molecule has 4 aromatic rings. The molecule has 0 unspecified atom stereocenters. The van der Waals surface area contributed by atoms with Gasteiger partial charge >= 0.3 is 5.97 Å². The quantitative estimate of drug-likeness (QED) is 0.352. The average molecular weight is 488 g/mol. The third-order valence-electron chi connectivity index (χ3n) is 4.97. The minimum absolute atomic E-state index is 0. The van der Waals surface area contributed by atoms with Crippen LogP contribution in [0.5, 0.6) is 0 Å². The Morgan fingerprint density at radius 1 is 1.16 bits per heavy atom. The number of pyridine rings is 2. The van der Waals surface area contributed by atoms with E-state index in [0.717, 1.165) is 16.0 Å². The van der Waals surface area contributed by atoms with E-state index in [1.165, 1.54) is 18.4 Å². The molecule has 9 heteroatoms. The van der Waals surface area contributed by atoms with Crippen molar-refractivity contribution >= 4 is 63.1 Å². The lowest BCUT2D eigenvalue weighted by atomic mass is 10.0. The number of fused-ring (bicyclic) bond motifs is 1. The SMILES string of the molecule is COC(=O)c1c(NC(=O)c2cc(-c3cccnc3)nc3ccc(Cl)cc23)sc(C)c1C.Cl. The normalized spacial score (nSPS) is 10.5. The first-order chi connectivity index (χ1) is 14.9. The van der Waals surface area contributed by atoms with E-state index in [2.05, 4.69) is 15.3 Å². The molecule has 1 aromatic carbocycles. The van der Waals surface area contributed by atoms with E-state index in [4.69, 9.17) is 16.3 Å². The smallest absolute Gasteiger partial charge is 0.341 e. The van der Waals surface area contributed by atoms with E-state index in [9.17, 15) is 9.59 Å². The number of halogens is 2. The van der Waals surface area contributed by atoms with Crippen LogP contribution in [0.3, 0.4) is 0 Å². The Bertz CT molecular complexity index is 1320. The molecule has 32 heavy (non-hydrogen) atoms. The van der Waals surface area contributed by atoms with Crippen LogP contribution in [-0.2, 0) is 4.74 Å². The molecule has 0 aliphatic rings. The van der Waals surface area contributed by atoms with E-state index in [1.807, 2.05) is 26.0 Å². The molecule has 1 amide bonds. The summed E-state index contributed by atoms with van der Waals surface area (Å²) in [7, 11) is 1.32. The minimum atomic E-state index is -0.490. The predicted octanol–water partition coefficient (Wildman–Crippen LogP) is 6.09. The number of ether oxygens (including phenoxy) is 1. The molecular weight excluding hydrogens is 469 g/mol. The van der Waals surface area contributed by atoms with Crippen LogP contribution in [0.25, 0.3) is 22.2 Å². The van der Waals surface area contributed by atoms with E-state index in [-0.39, 0.29) is 18.3 Å². The number of rotatable bonds is 4. The van der Waals surface area contributed by atoms with E-state index >= 15 is 0 Å². The molecule has 4 rings (SSSR count). The fourth-order valence-corrected chi connectivity index (χ4v) is 4.50. The zero-order valence-corrected chi connectivity index (χ0v) is 19.8. The number of nitrogens with one attached hydrogen (secondary N) is 1. The number of esters is 1. The Morgan fingerprint density at radius 2 is 1.94 bits per heavy atom. The van der Waals surface area contributed by atoms with Gasteiger partial charge < -0.3 is 10.1 Å². The van der Waals surface area contributed by atoms with Crippen LogP contribution in [-0.4, -0.2) is 29.0 Å². The molecule has 6 nitrogen and oxygen atoms in total. The molecule has 164 valence electrons. The van der Waals surface area contributed by atoms with Crippen molar-refractivity contribution in [2.75, 3.05) is 12.4 Å². The number of carbonyl (C=O) groups excluding carboxylic acids is 2. The van der Waals surface area contributed by atoms with Crippen molar-refractivity contribution < 1.29 is 14.3 Å². The number of nitrogens with zero attached hydrogens (tertiary/aromatic N) is 2. The number of thiophene rings is 1. The summed E-state index contributed by atoms with van der Waals surface area (Å²) >= 11 is 7.53. The summed E-state index contributed by atoms with van der Waals surface area (Å²) in [5.41, 5.74) is 3.56. The van der Waals surface area contributed by atoms with E-state index < -0.39 is 5.97 Å². The molecule has 0 saturated heterocycles. The first kappa shape index (κ1) is 23.7. The van der Waals surface area contributed by atoms with E-state index in [0.29, 0.717) is 37.7 Å². The van der Waals surface area contributed by atoms with Gasteiger partial charge in [0.1, 0.15) is 5.00 Å². The molecule has 0 saturated carbocycles. The molecule has 0 aliphatic heterocycles.